The molecular formula is C18H21F2N5O2. The molecule has 1 amide bonds. The van der Waals surface area contributed by atoms with Crippen LogP contribution in [-0.2, 0) is 0 Å². The molecule has 1 unspecified atom stereocenters. The minimum Gasteiger partial charge on any atom is -0.364 e. The molecule has 2 aliphatic heterocycles. The van der Waals surface area contributed by atoms with E-state index in [0.717, 1.165) is 5.69 Å². The van der Waals surface area contributed by atoms with E-state index in [-0.39, 0.29) is 32.0 Å². The summed E-state index contributed by atoms with van der Waals surface area (Å²) < 4.78 is 34.7. The second kappa shape index (κ2) is 6.24. The first kappa shape index (κ1) is 17.8. The topological polar surface area (TPSA) is 75.4 Å². The Kier molecular flexibility index (Phi) is 4.12. The lowest BCUT2D eigenvalue weighted by Crippen LogP contribution is -2.58. The van der Waals surface area contributed by atoms with Crippen molar-refractivity contribution in [2.24, 2.45) is 5.41 Å². The molecule has 4 heterocycles. The smallest absolute Gasteiger partial charge is 0.259 e. The van der Waals surface area contributed by atoms with Crippen molar-refractivity contribution < 1.29 is 18.1 Å². The minimum atomic E-state index is -2.85. The fourth-order valence-corrected chi connectivity index (χ4v) is 4.00. The normalized spacial score (nSPS) is 24.6. The molecule has 2 fully saturated rings. The molecule has 0 saturated carbocycles. The Bertz CT molecular complexity index is 854. The summed E-state index contributed by atoms with van der Waals surface area (Å²) >= 11 is 0. The van der Waals surface area contributed by atoms with Crippen molar-refractivity contribution >= 4 is 11.7 Å². The molecule has 7 nitrogen and oxygen atoms in total. The van der Waals surface area contributed by atoms with Crippen LogP contribution in [0.25, 0.3) is 0 Å². The zero-order valence-electron chi connectivity index (χ0n) is 15.3. The summed E-state index contributed by atoms with van der Waals surface area (Å²) in [6.45, 7) is 4.11. The van der Waals surface area contributed by atoms with Crippen molar-refractivity contribution in [3.8, 4) is 0 Å². The van der Waals surface area contributed by atoms with Gasteiger partial charge in [-0.3, -0.25) is 4.79 Å². The maximum Gasteiger partial charge on any atom is 0.259 e. The molecule has 9 heteroatoms. The first-order valence-corrected chi connectivity index (χ1v) is 8.95. The maximum absolute atomic E-state index is 14.9. The summed E-state index contributed by atoms with van der Waals surface area (Å²) in [6.07, 6.45) is 1.22. The number of carbonyl (C=O) groups excluding carboxylic acids is 1. The van der Waals surface area contributed by atoms with Crippen LogP contribution in [-0.4, -0.2) is 58.3 Å². The highest BCUT2D eigenvalue weighted by molar-refractivity contribution is 5.95. The third-order valence-corrected chi connectivity index (χ3v) is 5.69. The van der Waals surface area contributed by atoms with E-state index < -0.39 is 11.3 Å². The average molecular weight is 377 g/mol. The van der Waals surface area contributed by atoms with Crippen LogP contribution < -0.4 is 4.90 Å². The van der Waals surface area contributed by atoms with Crippen molar-refractivity contribution in [1.82, 2.24) is 20.3 Å². The Morgan fingerprint density at radius 3 is 2.63 bits per heavy atom. The molecule has 4 rings (SSSR count). The lowest BCUT2D eigenvalue weighted by molar-refractivity contribution is -0.150. The van der Waals surface area contributed by atoms with Gasteiger partial charge in [0.1, 0.15) is 11.8 Å². The van der Waals surface area contributed by atoms with Gasteiger partial charge in [0, 0.05) is 32.6 Å². The van der Waals surface area contributed by atoms with E-state index >= 15 is 0 Å². The number of alkyl halides is 2. The second-order valence-electron chi connectivity index (χ2n) is 7.48. The van der Waals surface area contributed by atoms with Gasteiger partial charge in [0.2, 0.25) is 0 Å². The standard InChI is InChI=1S/C18H21F2N5O2/c1-12-3-4-15(22-21-12)24-7-5-17(10-24)11-25(8-6-18(17,19)20)16(26)14-9-27-23-13(14)2/h3-4,9H,5-8,10-11H2,1-2H3. The average Bonchev–Trinajstić information content (AvgIpc) is 3.25. The van der Waals surface area contributed by atoms with Gasteiger partial charge in [0.25, 0.3) is 11.8 Å². The van der Waals surface area contributed by atoms with Crippen LogP contribution in [0.3, 0.4) is 0 Å². The highest BCUT2D eigenvalue weighted by Crippen LogP contribution is 2.50. The number of aryl methyl sites for hydroxylation is 2. The molecule has 2 saturated heterocycles. The quantitative estimate of drug-likeness (QED) is 0.800. The molecule has 0 aliphatic carbocycles. The predicted octanol–water partition coefficient (Wildman–Crippen LogP) is 2.46. The largest absolute Gasteiger partial charge is 0.364 e. The molecular weight excluding hydrogens is 356 g/mol. The Morgan fingerprint density at radius 1 is 1.15 bits per heavy atom. The van der Waals surface area contributed by atoms with E-state index in [4.69, 9.17) is 4.52 Å². The number of anilines is 1. The van der Waals surface area contributed by atoms with Gasteiger partial charge in [-0.05, 0) is 32.4 Å². The molecule has 1 spiro atoms. The molecule has 1 atom stereocenters. The van der Waals surface area contributed by atoms with Gasteiger partial charge in [-0.2, -0.15) is 5.10 Å². The number of aromatic nitrogens is 3. The van der Waals surface area contributed by atoms with Crippen molar-refractivity contribution in [3.63, 3.8) is 0 Å². The Balaban J connectivity index is 1.57. The Labute approximate surface area is 155 Å². The first-order chi connectivity index (χ1) is 12.8. The lowest BCUT2D eigenvalue weighted by atomic mass is 9.75. The van der Waals surface area contributed by atoms with Crippen molar-refractivity contribution in [1.29, 1.82) is 0 Å². The van der Waals surface area contributed by atoms with Crippen LogP contribution in [0.15, 0.2) is 22.9 Å². The summed E-state index contributed by atoms with van der Waals surface area (Å²) in [5.74, 6) is -2.57. The maximum atomic E-state index is 14.9. The Hall–Kier alpha value is -2.58. The molecule has 2 aromatic heterocycles. The molecule has 0 aromatic carbocycles. The van der Waals surface area contributed by atoms with Crippen LogP contribution in [0.2, 0.25) is 0 Å². The van der Waals surface area contributed by atoms with Crippen LogP contribution in [0.1, 0.15) is 34.6 Å². The number of piperidine rings is 1. The predicted molar refractivity (Wildman–Crippen MR) is 92.7 cm³/mol. The van der Waals surface area contributed by atoms with Crippen LogP contribution in [0.4, 0.5) is 14.6 Å². The van der Waals surface area contributed by atoms with Crippen molar-refractivity contribution in [2.45, 2.75) is 32.6 Å². The van der Waals surface area contributed by atoms with E-state index in [1.165, 1.54) is 11.2 Å². The number of hydrogen-bond acceptors (Lipinski definition) is 6. The van der Waals surface area contributed by atoms with Gasteiger partial charge in [-0.1, -0.05) is 5.16 Å². The fraction of sp³-hybridized carbons (Fsp3) is 0.556. The number of hydrogen-bond donors (Lipinski definition) is 0. The molecule has 2 aromatic rings. The van der Waals surface area contributed by atoms with Gasteiger partial charge in [-0.15, -0.1) is 5.10 Å². The number of amides is 1. The molecule has 0 N–H and O–H groups in total. The van der Waals surface area contributed by atoms with Gasteiger partial charge >= 0.3 is 0 Å². The third-order valence-electron chi connectivity index (χ3n) is 5.69. The number of carbonyl (C=O) groups is 1. The SMILES string of the molecule is Cc1ccc(N2CCC3(CN(C(=O)c4conc4C)CCC3(F)F)C2)nn1. The highest BCUT2D eigenvalue weighted by atomic mass is 19.3. The zero-order chi connectivity index (χ0) is 19.2. The number of halogens is 2. The second-order valence-corrected chi connectivity index (χ2v) is 7.48. The van der Waals surface area contributed by atoms with Gasteiger partial charge < -0.3 is 14.3 Å². The van der Waals surface area contributed by atoms with Crippen LogP contribution in [0.5, 0.6) is 0 Å². The number of rotatable bonds is 2. The summed E-state index contributed by atoms with van der Waals surface area (Å²) in [7, 11) is 0. The molecule has 144 valence electrons. The van der Waals surface area contributed by atoms with Crippen molar-refractivity contribution in [3.05, 3.63) is 35.3 Å². The monoisotopic (exact) mass is 377 g/mol. The number of nitrogens with zero attached hydrogens (tertiary/aromatic N) is 5. The summed E-state index contributed by atoms with van der Waals surface area (Å²) in [5.41, 5.74) is 0.277. The Morgan fingerprint density at radius 2 is 1.96 bits per heavy atom. The third kappa shape index (κ3) is 2.94. The van der Waals surface area contributed by atoms with E-state index in [0.29, 0.717) is 30.0 Å². The van der Waals surface area contributed by atoms with Gasteiger partial charge in [-0.25, -0.2) is 8.78 Å². The van der Waals surface area contributed by atoms with Crippen molar-refractivity contribution in [2.75, 3.05) is 31.1 Å². The van der Waals surface area contributed by atoms with Crippen LogP contribution in [0, 0.1) is 19.3 Å². The minimum absolute atomic E-state index is 0.000751. The van der Waals surface area contributed by atoms with E-state index in [9.17, 15) is 13.6 Å². The summed E-state index contributed by atoms with van der Waals surface area (Å²) in [6, 6.07) is 3.61. The highest BCUT2D eigenvalue weighted by Gasteiger charge is 2.60. The van der Waals surface area contributed by atoms with E-state index in [2.05, 4.69) is 15.4 Å². The summed E-state index contributed by atoms with van der Waals surface area (Å²) in [5, 5.41) is 11.9. The zero-order valence-corrected chi connectivity index (χ0v) is 15.3. The first-order valence-electron chi connectivity index (χ1n) is 8.95. The molecule has 2 aliphatic rings. The van der Waals surface area contributed by atoms with Crippen LogP contribution >= 0.6 is 0 Å². The lowest BCUT2D eigenvalue weighted by Gasteiger charge is -2.45. The van der Waals surface area contributed by atoms with Gasteiger partial charge in [0.05, 0.1) is 16.8 Å². The summed E-state index contributed by atoms with van der Waals surface area (Å²) in [4.78, 5) is 16.1. The van der Waals surface area contributed by atoms with E-state index in [1.54, 1.807) is 13.0 Å². The fourth-order valence-electron chi connectivity index (χ4n) is 4.00. The number of likely N-dealkylation sites (tertiary alicyclic amines) is 1. The van der Waals surface area contributed by atoms with Gasteiger partial charge in [0.15, 0.2) is 5.82 Å². The molecule has 27 heavy (non-hydrogen) atoms. The van der Waals surface area contributed by atoms with E-state index in [1.807, 2.05) is 17.9 Å². The molecule has 0 radical (unpaired) electrons. The molecule has 0 bridgehead atoms.